The third-order valence-corrected chi connectivity index (χ3v) is 2.52. The maximum absolute atomic E-state index is 5.64. The second-order valence-corrected chi connectivity index (χ2v) is 3.53. The summed E-state index contributed by atoms with van der Waals surface area (Å²) in [4.78, 5) is 4.10. The standard InChI is InChI=1S/C11H15N3O.ClH/c1-15-9-4-2-3-8(7-9)10-5-6-13-11(12)14-10;/h2-4,7,10H,5-6H2,1H3,(H3,12,13,14);1H. The molecule has 0 saturated heterocycles. The number of nitrogens with zero attached hydrogens (tertiary/aromatic N) is 1. The van der Waals surface area contributed by atoms with Crippen molar-refractivity contribution in [3.05, 3.63) is 29.8 Å². The maximum Gasteiger partial charge on any atom is 0.189 e. The molecule has 0 saturated carbocycles. The molecule has 0 spiro atoms. The highest BCUT2D eigenvalue weighted by Gasteiger charge is 2.15. The van der Waals surface area contributed by atoms with E-state index in [2.05, 4.69) is 16.4 Å². The molecule has 0 fully saturated rings. The summed E-state index contributed by atoms with van der Waals surface area (Å²) >= 11 is 0. The molecule has 1 aromatic rings. The Hall–Kier alpha value is -1.42. The molecule has 5 heteroatoms. The van der Waals surface area contributed by atoms with E-state index in [9.17, 15) is 0 Å². The number of halogens is 1. The fourth-order valence-corrected chi connectivity index (χ4v) is 1.72. The summed E-state index contributed by atoms with van der Waals surface area (Å²) in [7, 11) is 1.67. The van der Waals surface area contributed by atoms with Crippen LogP contribution in [-0.2, 0) is 0 Å². The van der Waals surface area contributed by atoms with Crippen molar-refractivity contribution in [2.24, 2.45) is 10.7 Å². The highest BCUT2D eigenvalue weighted by Crippen LogP contribution is 2.22. The average molecular weight is 242 g/mol. The molecule has 0 radical (unpaired) electrons. The number of ether oxygens (including phenoxy) is 1. The smallest absolute Gasteiger partial charge is 0.189 e. The minimum absolute atomic E-state index is 0. The number of aliphatic imine (C=N–C) groups is 1. The third-order valence-electron chi connectivity index (χ3n) is 2.52. The van der Waals surface area contributed by atoms with Crippen LogP contribution in [0.25, 0.3) is 0 Å². The van der Waals surface area contributed by atoms with E-state index in [1.165, 1.54) is 5.56 Å². The molecule has 4 nitrogen and oxygen atoms in total. The molecule has 16 heavy (non-hydrogen) atoms. The number of nitrogens with one attached hydrogen (secondary N) is 1. The molecule has 88 valence electrons. The Bertz CT molecular complexity index is 381. The molecular formula is C11H16ClN3O. The van der Waals surface area contributed by atoms with Crippen molar-refractivity contribution >= 4 is 18.4 Å². The Morgan fingerprint density at radius 3 is 3.00 bits per heavy atom. The van der Waals surface area contributed by atoms with Gasteiger partial charge in [-0.25, -0.2) is 0 Å². The van der Waals surface area contributed by atoms with Crippen LogP contribution in [0, 0.1) is 0 Å². The summed E-state index contributed by atoms with van der Waals surface area (Å²) in [6, 6.07) is 8.26. The number of benzene rings is 1. The Morgan fingerprint density at radius 2 is 2.31 bits per heavy atom. The zero-order chi connectivity index (χ0) is 10.7. The lowest BCUT2D eigenvalue weighted by atomic mass is 10.0. The van der Waals surface area contributed by atoms with Gasteiger partial charge in [0.2, 0.25) is 0 Å². The molecule has 1 aromatic carbocycles. The topological polar surface area (TPSA) is 59.6 Å². The Labute approximate surface area is 101 Å². The highest BCUT2D eigenvalue weighted by atomic mass is 35.5. The summed E-state index contributed by atoms with van der Waals surface area (Å²) in [5, 5.41) is 3.16. The van der Waals surface area contributed by atoms with Crippen LogP contribution in [0.2, 0.25) is 0 Å². The molecule has 2 rings (SSSR count). The number of hydrogen-bond acceptors (Lipinski definition) is 4. The molecule has 1 unspecified atom stereocenters. The van der Waals surface area contributed by atoms with E-state index >= 15 is 0 Å². The van der Waals surface area contributed by atoms with Crippen LogP contribution in [0.1, 0.15) is 18.0 Å². The normalized spacial score (nSPS) is 19.1. The largest absolute Gasteiger partial charge is 0.497 e. The van der Waals surface area contributed by atoms with Crippen molar-refractivity contribution in [1.82, 2.24) is 5.32 Å². The summed E-state index contributed by atoms with van der Waals surface area (Å²) in [6.07, 6.45) is 0.966. The SMILES string of the molecule is COc1cccc(C2CCN=C(N)N2)c1.Cl. The van der Waals surface area contributed by atoms with E-state index in [0.717, 1.165) is 18.7 Å². The predicted octanol–water partition coefficient (Wildman–Crippen LogP) is 1.47. The highest BCUT2D eigenvalue weighted by molar-refractivity contribution is 5.85. The summed E-state index contributed by atoms with van der Waals surface area (Å²) in [6.45, 7) is 0.778. The van der Waals surface area contributed by atoms with E-state index in [1.807, 2.05) is 18.2 Å². The molecule has 1 heterocycles. The van der Waals surface area contributed by atoms with Gasteiger partial charge >= 0.3 is 0 Å². The zero-order valence-electron chi connectivity index (χ0n) is 9.14. The molecule has 1 aliphatic heterocycles. The first kappa shape index (κ1) is 12.6. The van der Waals surface area contributed by atoms with Gasteiger partial charge in [-0.2, -0.15) is 0 Å². The second-order valence-electron chi connectivity index (χ2n) is 3.53. The van der Waals surface area contributed by atoms with Crippen LogP contribution in [0.3, 0.4) is 0 Å². The fraction of sp³-hybridized carbons (Fsp3) is 0.364. The lowest BCUT2D eigenvalue weighted by Crippen LogP contribution is -2.38. The van der Waals surface area contributed by atoms with E-state index in [0.29, 0.717) is 5.96 Å². The third kappa shape index (κ3) is 2.79. The van der Waals surface area contributed by atoms with Gasteiger partial charge in [0.05, 0.1) is 13.2 Å². The Morgan fingerprint density at radius 1 is 1.50 bits per heavy atom. The minimum atomic E-state index is 0. The van der Waals surface area contributed by atoms with Crippen molar-refractivity contribution in [2.45, 2.75) is 12.5 Å². The molecular weight excluding hydrogens is 226 g/mol. The van der Waals surface area contributed by atoms with Gasteiger partial charge in [0.1, 0.15) is 5.75 Å². The molecule has 0 aromatic heterocycles. The van der Waals surface area contributed by atoms with Crippen LogP contribution in [0.4, 0.5) is 0 Å². The predicted molar refractivity (Wildman–Crippen MR) is 67.2 cm³/mol. The molecule has 0 bridgehead atoms. The van der Waals surface area contributed by atoms with E-state index in [-0.39, 0.29) is 18.4 Å². The van der Waals surface area contributed by atoms with Crippen molar-refractivity contribution in [3.8, 4) is 5.75 Å². The van der Waals surface area contributed by atoms with Gasteiger partial charge < -0.3 is 15.8 Å². The van der Waals surface area contributed by atoms with E-state index < -0.39 is 0 Å². The molecule has 0 amide bonds. The molecule has 3 N–H and O–H groups in total. The molecule has 0 aliphatic carbocycles. The molecule has 1 atom stereocenters. The lowest BCUT2D eigenvalue weighted by molar-refractivity contribution is 0.413. The number of methoxy groups -OCH3 is 1. The van der Waals surface area contributed by atoms with Crippen molar-refractivity contribution in [2.75, 3.05) is 13.7 Å². The van der Waals surface area contributed by atoms with Crippen LogP contribution < -0.4 is 15.8 Å². The Kier molecular flexibility index (Phi) is 4.43. The van der Waals surface area contributed by atoms with Gasteiger partial charge in [0.25, 0.3) is 0 Å². The quantitative estimate of drug-likeness (QED) is 0.824. The minimum Gasteiger partial charge on any atom is -0.497 e. The van der Waals surface area contributed by atoms with Crippen molar-refractivity contribution < 1.29 is 4.74 Å². The number of nitrogens with two attached hydrogens (primary N) is 1. The van der Waals surface area contributed by atoms with E-state index in [1.54, 1.807) is 7.11 Å². The van der Waals surface area contributed by atoms with Crippen molar-refractivity contribution in [3.63, 3.8) is 0 Å². The fourth-order valence-electron chi connectivity index (χ4n) is 1.72. The average Bonchev–Trinajstić information content (AvgIpc) is 2.29. The van der Waals surface area contributed by atoms with Gasteiger partial charge in [-0.3, -0.25) is 4.99 Å². The first-order chi connectivity index (χ1) is 7.29. The monoisotopic (exact) mass is 241 g/mol. The lowest BCUT2D eigenvalue weighted by Gasteiger charge is -2.23. The van der Waals surface area contributed by atoms with Gasteiger partial charge in [-0.05, 0) is 24.1 Å². The van der Waals surface area contributed by atoms with Crippen molar-refractivity contribution in [1.29, 1.82) is 0 Å². The van der Waals surface area contributed by atoms with Gasteiger partial charge in [-0.15, -0.1) is 12.4 Å². The Balaban J connectivity index is 0.00000128. The van der Waals surface area contributed by atoms with Gasteiger partial charge in [0, 0.05) is 6.54 Å². The van der Waals surface area contributed by atoms with Crippen LogP contribution in [-0.4, -0.2) is 19.6 Å². The number of rotatable bonds is 2. The maximum atomic E-state index is 5.64. The summed E-state index contributed by atoms with van der Waals surface area (Å²) in [5.41, 5.74) is 6.83. The van der Waals surface area contributed by atoms with Crippen LogP contribution >= 0.6 is 12.4 Å². The van der Waals surface area contributed by atoms with E-state index in [4.69, 9.17) is 10.5 Å². The second kappa shape index (κ2) is 5.61. The number of hydrogen-bond donors (Lipinski definition) is 2. The zero-order valence-corrected chi connectivity index (χ0v) is 9.96. The van der Waals surface area contributed by atoms with Crippen LogP contribution in [0.5, 0.6) is 5.75 Å². The summed E-state index contributed by atoms with van der Waals surface area (Å²) < 4.78 is 5.18. The van der Waals surface area contributed by atoms with Gasteiger partial charge in [0.15, 0.2) is 5.96 Å². The van der Waals surface area contributed by atoms with Crippen LogP contribution in [0.15, 0.2) is 29.3 Å². The number of guanidine groups is 1. The van der Waals surface area contributed by atoms with Gasteiger partial charge in [-0.1, -0.05) is 12.1 Å². The summed E-state index contributed by atoms with van der Waals surface area (Å²) in [5.74, 6) is 1.39. The molecule has 1 aliphatic rings. The first-order valence-electron chi connectivity index (χ1n) is 5.00. The first-order valence-corrected chi connectivity index (χ1v) is 5.00.